The van der Waals surface area contributed by atoms with Gasteiger partial charge < -0.3 is 15.7 Å². The van der Waals surface area contributed by atoms with E-state index in [0.717, 1.165) is 6.07 Å². The molecule has 4 nitrogen and oxygen atoms in total. The van der Waals surface area contributed by atoms with Gasteiger partial charge in [0.05, 0.1) is 11.2 Å². The van der Waals surface area contributed by atoms with Crippen LogP contribution < -0.4 is 10.6 Å². The lowest BCUT2D eigenvalue weighted by molar-refractivity contribution is -0.138. The zero-order chi connectivity index (χ0) is 17.0. The van der Waals surface area contributed by atoms with Crippen LogP contribution in [0.5, 0.6) is 0 Å². The molecule has 22 heavy (non-hydrogen) atoms. The number of halogens is 3. The predicted octanol–water partition coefficient (Wildman–Crippen LogP) is 3.25. The van der Waals surface area contributed by atoms with Crippen LogP contribution in [-0.2, 0) is 6.18 Å². The van der Waals surface area contributed by atoms with Gasteiger partial charge in [-0.15, -0.1) is 0 Å². The maximum atomic E-state index is 12.8. The molecule has 1 unspecified atom stereocenters. The molecule has 8 heteroatoms. The maximum Gasteiger partial charge on any atom is 0.416 e. The van der Waals surface area contributed by atoms with Crippen molar-refractivity contribution in [1.82, 2.24) is 5.32 Å². The Morgan fingerprint density at radius 3 is 2.55 bits per heavy atom. The Labute approximate surface area is 131 Å². The van der Waals surface area contributed by atoms with Crippen molar-refractivity contribution < 1.29 is 23.1 Å². The van der Waals surface area contributed by atoms with Crippen LogP contribution in [-0.4, -0.2) is 35.3 Å². The van der Waals surface area contributed by atoms with Gasteiger partial charge in [-0.2, -0.15) is 24.9 Å². The molecule has 0 bridgehead atoms. The van der Waals surface area contributed by atoms with Crippen LogP contribution in [0.1, 0.15) is 18.1 Å². The Hall–Kier alpha value is -1.41. The van der Waals surface area contributed by atoms with Gasteiger partial charge in [0.1, 0.15) is 0 Å². The minimum Gasteiger partial charge on any atom is -0.387 e. The highest BCUT2D eigenvalue weighted by Crippen LogP contribution is 2.34. The minimum atomic E-state index is -4.47. The fourth-order valence-corrected chi connectivity index (χ4v) is 2.60. The second kappa shape index (κ2) is 7.23. The molecule has 0 saturated carbocycles. The molecular formula is C14H19F3N2O2S. The van der Waals surface area contributed by atoms with Gasteiger partial charge in [0.15, 0.2) is 0 Å². The number of nitrogens with one attached hydrogen (secondary N) is 2. The normalized spacial score (nSPS) is 14.3. The van der Waals surface area contributed by atoms with E-state index in [-0.39, 0.29) is 17.8 Å². The molecule has 0 saturated heterocycles. The van der Waals surface area contributed by atoms with Crippen molar-refractivity contribution in [2.45, 2.75) is 25.6 Å². The third-order valence-electron chi connectivity index (χ3n) is 2.97. The predicted molar refractivity (Wildman–Crippen MR) is 82.2 cm³/mol. The van der Waals surface area contributed by atoms with Crippen LogP contribution in [0, 0.1) is 6.92 Å². The van der Waals surface area contributed by atoms with Crippen molar-refractivity contribution >= 4 is 23.5 Å². The van der Waals surface area contributed by atoms with Crippen molar-refractivity contribution in [2.24, 2.45) is 0 Å². The highest BCUT2D eigenvalue weighted by molar-refractivity contribution is 7.98. The quantitative estimate of drug-likeness (QED) is 0.773. The lowest BCUT2D eigenvalue weighted by Gasteiger charge is -2.23. The van der Waals surface area contributed by atoms with Gasteiger partial charge in [0, 0.05) is 18.0 Å². The maximum absolute atomic E-state index is 12.8. The third kappa shape index (κ3) is 5.42. The highest BCUT2D eigenvalue weighted by Gasteiger charge is 2.33. The number of anilines is 1. The molecule has 1 aromatic carbocycles. The fraction of sp³-hybridized carbons (Fsp3) is 0.500. The highest BCUT2D eigenvalue weighted by atomic mass is 32.2. The summed E-state index contributed by atoms with van der Waals surface area (Å²) < 4.78 is 38.4. The number of alkyl halides is 3. The van der Waals surface area contributed by atoms with E-state index in [0.29, 0.717) is 5.75 Å². The van der Waals surface area contributed by atoms with E-state index in [1.165, 1.54) is 30.8 Å². The van der Waals surface area contributed by atoms with Gasteiger partial charge >= 0.3 is 12.2 Å². The Morgan fingerprint density at radius 1 is 1.36 bits per heavy atom. The molecule has 1 atom stereocenters. The molecule has 0 heterocycles. The van der Waals surface area contributed by atoms with E-state index in [2.05, 4.69) is 10.6 Å². The first kappa shape index (κ1) is 18.6. The van der Waals surface area contributed by atoms with Gasteiger partial charge in [-0.05, 0) is 37.8 Å². The molecule has 0 aromatic heterocycles. The van der Waals surface area contributed by atoms with Crippen molar-refractivity contribution in [2.75, 3.05) is 23.9 Å². The van der Waals surface area contributed by atoms with Gasteiger partial charge in [-0.3, -0.25) is 0 Å². The Bertz CT molecular complexity index is 533. The van der Waals surface area contributed by atoms with Gasteiger partial charge in [0.2, 0.25) is 0 Å². The Balaban J connectivity index is 2.74. The van der Waals surface area contributed by atoms with Crippen LogP contribution in [0.3, 0.4) is 0 Å². The minimum absolute atomic E-state index is 0.00230. The first-order chi connectivity index (χ1) is 10.1. The van der Waals surface area contributed by atoms with Crippen molar-refractivity contribution in [3.63, 3.8) is 0 Å². The Morgan fingerprint density at radius 2 is 2.00 bits per heavy atom. The summed E-state index contributed by atoms with van der Waals surface area (Å²) in [5.74, 6) is 0.426. The van der Waals surface area contributed by atoms with E-state index in [1.54, 1.807) is 6.92 Å². The molecule has 0 fully saturated rings. The second-order valence-corrected chi connectivity index (χ2v) is 6.08. The number of thioether (sulfide) groups is 1. The van der Waals surface area contributed by atoms with E-state index in [4.69, 9.17) is 0 Å². The summed E-state index contributed by atoms with van der Waals surface area (Å²) in [5.41, 5.74) is -1.85. The summed E-state index contributed by atoms with van der Waals surface area (Å²) in [6.07, 6.45) is -2.65. The number of hydrogen-bond acceptors (Lipinski definition) is 3. The van der Waals surface area contributed by atoms with Crippen molar-refractivity contribution in [3.05, 3.63) is 29.3 Å². The van der Waals surface area contributed by atoms with E-state index in [9.17, 15) is 23.1 Å². The number of benzene rings is 1. The fourth-order valence-electron chi connectivity index (χ4n) is 1.88. The summed E-state index contributed by atoms with van der Waals surface area (Å²) in [4.78, 5) is 11.8. The molecule has 1 rings (SSSR count). The molecule has 124 valence electrons. The average Bonchev–Trinajstić information content (AvgIpc) is 2.37. The molecule has 2 amide bonds. The lowest BCUT2D eigenvalue weighted by Crippen LogP contribution is -2.44. The summed E-state index contributed by atoms with van der Waals surface area (Å²) in [6, 6.07) is 2.92. The summed E-state index contributed by atoms with van der Waals surface area (Å²) in [6.45, 7) is 2.86. The van der Waals surface area contributed by atoms with Crippen molar-refractivity contribution in [3.8, 4) is 0 Å². The number of carbonyl (C=O) groups excluding carboxylic acids is 1. The van der Waals surface area contributed by atoms with Crippen molar-refractivity contribution in [1.29, 1.82) is 0 Å². The number of amides is 2. The summed E-state index contributed by atoms with van der Waals surface area (Å²) in [5, 5.41) is 14.7. The molecule has 0 aliphatic carbocycles. The number of aliphatic hydroxyl groups is 1. The second-order valence-electron chi connectivity index (χ2n) is 5.21. The smallest absolute Gasteiger partial charge is 0.387 e. The summed E-state index contributed by atoms with van der Waals surface area (Å²) >= 11 is 1.42. The zero-order valence-corrected chi connectivity index (χ0v) is 13.4. The number of carbonyl (C=O) groups is 1. The van der Waals surface area contributed by atoms with E-state index >= 15 is 0 Å². The van der Waals surface area contributed by atoms with Crippen LogP contribution >= 0.6 is 11.8 Å². The Kier molecular flexibility index (Phi) is 6.13. The molecule has 3 N–H and O–H groups in total. The van der Waals surface area contributed by atoms with Crippen LogP contribution in [0.15, 0.2) is 18.2 Å². The van der Waals surface area contributed by atoms with Gasteiger partial charge in [-0.25, -0.2) is 4.79 Å². The largest absolute Gasteiger partial charge is 0.416 e. The topological polar surface area (TPSA) is 61.4 Å². The van der Waals surface area contributed by atoms with Crippen LogP contribution in [0.4, 0.5) is 23.7 Å². The molecule has 0 aliphatic heterocycles. The first-order valence-corrected chi connectivity index (χ1v) is 7.89. The van der Waals surface area contributed by atoms with E-state index < -0.39 is 23.4 Å². The monoisotopic (exact) mass is 336 g/mol. The standard InChI is InChI=1S/C14H19F3N2O2S/c1-9-10(14(15,16)17)5-4-6-11(9)19-12(20)18-7-13(2,21)8-22-3/h4-6,21H,7-8H2,1-3H3,(H2,18,19,20). The number of hydrogen-bond donors (Lipinski definition) is 3. The molecule has 0 radical (unpaired) electrons. The first-order valence-electron chi connectivity index (χ1n) is 6.50. The average molecular weight is 336 g/mol. The summed E-state index contributed by atoms with van der Waals surface area (Å²) in [7, 11) is 0. The number of urea groups is 1. The molecule has 1 aromatic rings. The molecular weight excluding hydrogens is 317 g/mol. The van der Waals surface area contributed by atoms with Crippen LogP contribution in [0.2, 0.25) is 0 Å². The number of rotatable bonds is 5. The molecule has 0 spiro atoms. The lowest BCUT2D eigenvalue weighted by atomic mass is 10.1. The molecule has 0 aliphatic rings. The van der Waals surface area contributed by atoms with Gasteiger partial charge in [0.25, 0.3) is 0 Å². The van der Waals surface area contributed by atoms with Gasteiger partial charge in [-0.1, -0.05) is 6.07 Å². The SMILES string of the molecule is CSCC(C)(O)CNC(=O)Nc1cccc(C(F)(F)F)c1C. The zero-order valence-electron chi connectivity index (χ0n) is 12.5. The third-order valence-corrected chi connectivity index (χ3v) is 3.88. The van der Waals surface area contributed by atoms with E-state index in [1.807, 2.05) is 6.26 Å². The van der Waals surface area contributed by atoms with Crippen LogP contribution in [0.25, 0.3) is 0 Å².